The molecule has 0 bridgehead atoms. The average Bonchev–Trinajstić information content (AvgIpc) is 2.68. The number of aryl methyl sites for hydroxylation is 2. The fourth-order valence-electron chi connectivity index (χ4n) is 2.23. The van der Waals surface area contributed by atoms with Crippen molar-refractivity contribution in [3.05, 3.63) is 95.6 Å². The molecular weight excluding hydrogens is 375 g/mol. The van der Waals surface area contributed by atoms with Gasteiger partial charge in [0.05, 0.1) is 0 Å². The van der Waals surface area contributed by atoms with Crippen molar-refractivity contribution in [3.8, 4) is 11.5 Å². The molecule has 0 fully saturated rings. The predicted octanol–water partition coefficient (Wildman–Crippen LogP) is 6.04. The van der Waals surface area contributed by atoms with Crippen LogP contribution in [-0.4, -0.2) is 6.47 Å². The van der Waals surface area contributed by atoms with Crippen LogP contribution in [0.25, 0.3) is 0 Å². The Hall–Kier alpha value is -3.04. The lowest BCUT2D eigenvalue weighted by molar-refractivity contribution is -0.121. The van der Waals surface area contributed by atoms with Crippen molar-refractivity contribution in [1.82, 2.24) is 0 Å². The number of rotatable bonds is 6. The Balaban J connectivity index is 0.000000261. The maximum Gasteiger partial charge on any atom is 0.649 e. The van der Waals surface area contributed by atoms with Gasteiger partial charge in [-0.2, -0.15) is 4.57 Å². The molecule has 0 aliphatic heterocycles. The third-order valence-electron chi connectivity index (χ3n) is 3.97. The van der Waals surface area contributed by atoms with Gasteiger partial charge in [0.2, 0.25) is 0 Å². The number of benzene rings is 3. The first-order chi connectivity index (χ1) is 13.4. The minimum atomic E-state index is -4.03. The molecule has 0 atom stereocenters. The molecule has 3 aromatic carbocycles. The Morgan fingerprint density at radius 3 is 1.46 bits per heavy atom. The predicted molar refractivity (Wildman–Crippen MR) is 110 cm³/mol. The zero-order valence-corrected chi connectivity index (χ0v) is 17.0. The van der Waals surface area contributed by atoms with Crippen molar-refractivity contribution < 1.29 is 22.9 Å². The maximum absolute atomic E-state index is 12.3. The first kappa shape index (κ1) is 21.3. The van der Waals surface area contributed by atoms with Gasteiger partial charge in [-0.05, 0) is 61.7 Å². The molecule has 3 aromatic rings. The fraction of sp³-hybridized carbons (Fsp3) is 0.136. The summed E-state index contributed by atoms with van der Waals surface area (Å²) in [6.45, 7) is 6.47. The number of phosphoric acid groups is 1. The number of hydrogen-bond donors (Lipinski definition) is 0. The number of para-hydroxylation sites is 2. The fourth-order valence-corrected chi connectivity index (χ4v) is 3.22. The van der Waals surface area contributed by atoms with Crippen LogP contribution >= 0.6 is 7.82 Å². The summed E-state index contributed by atoms with van der Waals surface area (Å²) in [7, 11) is -4.03. The summed E-state index contributed by atoms with van der Waals surface area (Å²) >= 11 is 0. The molecule has 0 N–H and O–H groups in total. The average molecular weight is 398 g/mol. The Kier molecular flexibility index (Phi) is 7.85. The van der Waals surface area contributed by atoms with E-state index in [0.29, 0.717) is 0 Å². The third kappa shape index (κ3) is 6.60. The second-order valence-corrected chi connectivity index (χ2v) is 7.44. The highest BCUT2D eigenvalue weighted by Gasteiger charge is 2.32. The molecule has 0 spiro atoms. The van der Waals surface area contributed by atoms with Gasteiger partial charge in [0, 0.05) is 0 Å². The molecule has 0 amide bonds. The van der Waals surface area contributed by atoms with Crippen LogP contribution in [0.4, 0.5) is 0 Å². The van der Waals surface area contributed by atoms with E-state index < -0.39 is 7.82 Å². The highest BCUT2D eigenvalue weighted by atomic mass is 31.2. The van der Waals surface area contributed by atoms with Crippen LogP contribution in [0.2, 0.25) is 0 Å². The zero-order valence-electron chi connectivity index (χ0n) is 16.1. The van der Waals surface area contributed by atoms with Crippen LogP contribution < -0.4 is 9.05 Å². The molecule has 3 rings (SSSR count). The standard InChI is InChI=1S/C13H11O5P.C9H12/c14-11-16-19(15,17-12-7-3-1-4-8-12)18-13-9-5-2-6-10-13;1-7-5-4-6-8(2)9(7)3/h1-11H;4-6H,1-3H3. The van der Waals surface area contributed by atoms with Crippen LogP contribution in [-0.2, 0) is 13.9 Å². The normalized spacial score (nSPS) is 10.2. The van der Waals surface area contributed by atoms with Crippen molar-refractivity contribution in [2.45, 2.75) is 20.8 Å². The third-order valence-corrected chi connectivity index (χ3v) is 5.18. The summed E-state index contributed by atoms with van der Waals surface area (Å²) in [5, 5.41) is 0. The monoisotopic (exact) mass is 398 g/mol. The molecule has 0 unspecified atom stereocenters. The molecule has 146 valence electrons. The topological polar surface area (TPSA) is 61.8 Å². The van der Waals surface area contributed by atoms with E-state index in [1.54, 1.807) is 60.7 Å². The molecule has 28 heavy (non-hydrogen) atoms. The first-order valence-corrected chi connectivity index (χ1v) is 10.1. The summed E-state index contributed by atoms with van der Waals surface area (Å²) in [6.07, 6.45) is 0. The van der Waals surface area contributed by atoms with E-state index in [1.165, 1.54) is 16.7 Å². The van der Waals surface area contributed by atoms with Crippen molar-refractivity contribution in [3.63, 3.8) is 0 Å². The Morgan fingerprint density at radius 2 is 1.11 bits per heavy atom. The van der Waals surface area contributed by atoms with Crippen molar-refractivity contribution in [2.75, 3.05) is 0 Å². The lowest BCUT2D eigenvalue weighted by Crippen LogP contribution is -2.04. The van der Waals surface area contributed by atoms with Gasteiger partial charge in [-0.15, -0.1) is 0 Å². The van der Waals surface area contributed by atoms with Crippen molar-refractivity contribution in [1.29, 1.82) is 0 Å². The molecular formula is C22H23O5P. The maximum atomic E-state index is 12.3. The molecule has 0 heterocycles. The lowest BCUT2D eigenvalue weighted by Gasteiger charge is -2.16. The molecule has 0 aliphatic rings. The molecule has 5 nitrogen and oxygen atoms in total. The number of carbonyl (C=O) groups is 1. The van der Waals surface area contributed by atoms with E-state index in [4.69, 9.17) is 9.05 Å². The van der Waals surface area contributed by atoms with Crippen LogP contribution in [0, 0.1) is 20.8 Å². The number of phosphoric ester groups is 1. The molecule has 0 aromatic heterocycles. The van der Waals surface area contributed by atoms with Crippen LogP contribution in [0.15, 0.2) is 78.9 Å². The van der Waals surface area contributed by atoms with Crippen molar-refractivity contribution >= 4 is 14.3 Å². The Labute approximate surface area is 165 Å². The highest BCUT2D eigenvalue weighted by molar-refractivity contribution is 7.49. The molecule has 0 radical (unpaired) electrons. The quantitative estimate of drug-likeness (QED) is 0.374. The van der Waals surface area contributed by atoms with Gasteiger partial charge < -0.3 is 13.6 Å². The smallest absolute Gasteiger partial charge is 0.386 e. The van der Waals surface area contributed by atoms with Gasteiger partial charge in [-0.1, -0.05) is 54.6 Å². The molecule has 0 saturated carbocycles. The van der Waals surface area contributed by atoms with Crippen LogP contribution in [0.3, 0.4) is 0 Å². The van der Waals surface area contributed by atoms with E-state index in [2.05, 4.69) is 43.5 Å². The summed E-state index contributed by atoms with van der Waals surface area (Å²) in [5.74, 6) is 0.562. The van der Waals surface area contributed by atoms with E-state index in [1.807, 2.05) is 0 Å². The van der Waals surface area contributed by atoms with Gasteiger partial charge in [0.25, 0.3) is 0 Å². The van der Waals surface area contributed by atoms with Gasteiger partial charge in [0.1, 0.15) is 11.5 Å². The molecule has 0 saturated heterocycles. The summed E-state index contributed by atoms with van der Waals surface area (Å²) in [6, 6.07) is 23.0. The molecule has 0 aliphatic carbocycles. The van der Waals surface area contributed by atoms with Crippen LogP contribution in [0.1, 0.15) is 16.7 Å². The second-order valence-electron chi connectivity index (χ2n) is 5.97. The second kappa shape index (κ2) is 10.3. The summed E-state index contributed by atoms with van der Waals surface area (Å²) < 4.78 is 27.0. The van der Waals surface area contributed by atoms with Gasteiger partial charge in [-0.3, -0.25) is 4.79 Å². The number of carbonyl (C=O) groups excluding carboxylic acids is 1. The van der Waals surface area contributed by atoms with Crippen molar-refractivity contribution in [2.24, 2.45) is 0 Å². The van der Waals surface area contributed by atoms with E-state index in [0.717, 1.165) is 0 Å². The SMILES string of the molecule is Cc1cccc(C)c1C.O=COP(=O)(Oc1ccccc1)Oc1ccccc1. The summed E-state index contributed by atoms with van der Waals surface area (Å²) in [4.78, 5) is 10.4. The zero-order chi connectivity index (χ0) is 20.4. The Morgan fingerprint density at radius 1 is 0.679 bits per heavy atom. The highest BCUT2D eigenvalue weighted by Crippen LogP contribution is 2.48. The number of hydrogen-bond acceptors (Lipinski definition) is 5. The van der Waals surface area contributed by atoms with E-state index >= 15 is 0 Å². The Bertz CT molecular complexity index is 860. The minimum Gasteiger partial charge on any atom is -0.386 e. The van der Waals surface area contributed by atoms with Gasteiger partial charge in [-0.25, -0.2) is 0 Å². The van der Waals surface area contributed by atoms with E-state index in [9.17, 15) is 9.36 Å². The van der Waals surface area contributed by atoms with Gasteiger partial charge in [0.15, 0.2) is 0 Å². The van der Waals surface area contributed by atoms with Gasteiger partial charge >= 0.3 is 14.3 Å². The lowest BCUT2D eigenvalue weighted by atomic mass is 10.1. The molecule has 6 heteroatoms. The minimum absolute atomic E-state index is 0.0344. The summed E-state index contributed by atoms with van der Waals surface area (Å²) in [5.41, 5.74) is 4.18. The first-order valence-electron chi connectivity index (χ1n) is 8.68. The largest absolute Gasteiger partial charge is 0.649 e. The van der Waals surface area contributed by atoms with E-state index in [-0.39, 0.29) is 18.0 Å². The van der Waals surface area contributed by atoms with Crippen LogP contribution in [0.5, 0.6) is 11.5 Å².